The molecule has 1 aliphatic heterocycles. The van der Waals surface area contributed by atoms with E-state index in [2.05, 4.69) is 10.2 Å². The van der Waals surface area contributed by atoms with Crippen LogP contribution in [-0.2, 0) is 22.6 Å². The predicted octanol–water partition coefficient (Wildman–Crippen LogP) is 5.71. The van der Waals surface area contributed by atoms with Crippen LogP contribution >= 0.6 is 0 Å². The lowest BCUT2D eigenvalue weighted by Crippen LogP contribution is -2.43. The lowest BCUT2D eigenvalue weighted by atomic mass is 9.98. The fraction of sp³-hybridized carbons (Fsp3) is 0.306. The number of nitrogens with zero attached hydrogens (tertiary/aromatic N) is 1. The standard InChI is InChI=1S/C36H40N2O5/c1-25(34(40)29-9-5-3-6-10-29)38(2)23-32-21-33(28-17-15-27(24-39)16-18-28)43-36(42-32)31-19-13-26(14-20-31)22-37-35(41)30-11-7-4-8-12-30/h3-20,25,32-34,36,39-40H,21-24H2,1-2H3,(H,37,41)/t25-,32+,33-,34-,36-/m1/s1. The van der Waals surface area contributed by atoms with E-state index in [0.717, 1.165) is 27.8 Å². The number of nitrogens with one attached hydrogen (secondary N) is 1. The van der Waals surface area contributed by atoms with E-state index in [-0.39, 0.29) is 30.8 Å². The van der Waals surface area contributed by atoms with Crippen molar-refractivity contribution in [3.8, 4) is 0 Å². The Balaban J connectivity index is 1.28. The molecule has 4 aromatic rings. The maximum absolute atomic E-state index is 12.5. The molecular weight excluding hydrogens is 540 g/mol. The van der Waals surface area contributed by atoms with E-state index in [0.29, 0.717) is 25.1 Å². The summed E-state index contributed by atoms with van der Waals surface area (Å²) in [6.45, 7) is 3.04. The van der Waals surface area contributed by atoms with Gasteiger partial charge in [-0.05, 0) is 48.4 Å². The van der Waals surface area contributed by atoms with Crippen LogP contribution in [0.4, 0.5) is 0 Å². The molecule has 5 atom stereocenters. The van der Waals surface area contributed by atoms with Crippen LogP contribution in [0.1, 0.15) is 70.0 Å². The molecule has 1 aliphatic rings. The van der Waals surface area contributed by atoms with Crippen LogP contribution in [0.15, 0.2) is 109 Å². The molecule has 1 saturated heterocycles. The van der Waals surface area contributed by atoms with Crippen molar-refractivity contribution in [1.82, 2.24) is 10.2 Å². The third-order valence-corrected chi connectivity index (χ3v) is 8.14. The number of benzene rings is 4. The Kier molecular flexibility index (Phi) is 10.4. The smallest absolute Gasteiger partial charge is 0.251 e. The zero-order valence-corrected chi connectivity index (χ0v) is 24.7. The molecule has 1 amide bonds. The SMILES string of the molecule is C[C@H]([C@@H](O)c1ccccc1)N(C)C[C@@H]1C[C@H](c2ccc(CO)cc2)O[C@H](c2ccc(CNC(=O)c3ccccc3)cc2)O1. The molecular formula is C36H40N2O5. The minimum absolute atomic E-state index is 0.00919. The van der Waals surface area contributed by atoms with Crippen LogP contribution in [0, 0.1) is 0 Å². The van der Waals surface area contributed by atoms with Crippen LogP contribution in [0.2, 0.25) is 0 Å². The van der Waals surface area contributed by atoms with Gasteiger partial charge < -0.3 is 25.0 Å². The molecule has 5 rings (SSSR count). The summed E-state index contributed by atoms with van der Waals surface area (Å²) in [5.41, 5.74) is 5.25. The lowest BCUT2D eigenvalue weighted by Gasteiger charge is -2.39. The summed E-state index contributed by atoms with van der Waals surface area (Å²) >= 11 is 0. The summed E-state index contributed by atoms with van der Waals surface area (Å²) in [4.78, 5) is 14.6. The number of likely N-dealkylation sites (N-methyl/N-ethyl adjacent to an activating group) is 1. The van der Waals surface area contributed by atoms with Gasteiger partial charge in [0.2, 0.25) is 0 Å². The van der Waals surface area contributed by atoms with Crippen LogP contribution in [0.5, 0.6) is 0 Å². The highest BCUT2D eigenvalue weighted by Gasteiger charge is 2.34. The Labute approximate surface area is 253 Å². The van der Waals surface area contributed by atoms with Crippen molar-refractivity contribution in [2.24, 2.45) is 0 Å². The highest BCUT2D eigenvalue weighted by atomic mass is 16.7. The van der Waals surface area contributed by atoms with Crippen LogP contribution in [-0.4, -0.2) is 46.8 Å². The minimum Gasteiger partial charge on any atom is -0.392 e. The van der Waals surface area contributed by atoms with Crippen LogP contribution in [0.3, 0.4) is 0 Å². The molecule has 0 unspecified atom stereocenters. The number of aliphatic hydroxyl groups excluding tert-OH is 2. The molecule has 1 fully saturated rings. The van der Waals surface area contributed by atoms with Crippen molar-refractivity contribution in [1.29, 1.82) is 0 Å². The molecule has 43 heavy (non-hydrogen) atoms. The Morgan fingerprint density at radius 3 is 2.12 bits per heavy atom. The summed E-state index contributed by atoms with van der Waals surface area (Å²) in [6, 6.07) is 34.5. The highest BCUT2D eigenvalue weighted by Crippen LogP contribution is 2.38. The fourth-order valence-corrected chi connectivity index (χ4v) is 5.36. The van der Waals surface area contributed by atoms with E-state index in [1.807, 2.05) is 111 Å². The van der Waals surface area contributed by atoms with Gasteiger partial charge in [0.25, 0.3) is 5.91 Å². The molecule has 1 heterocycles. The third kappa shape index (κ3) is 7.96. The second kappa shape index (κ2) is 14.6. The topological polar surface area (TPSA) is 91.3 Å². The summed E-state index contributed by atoms with van der Waals surface area (Å²) < 4.78 is 13.0. The first kappa shape index (κ1) is 30.6. The normalized spacial score (nSPS) is 20.0. The molecule has 7 heteroatoms. The first-order valence-electron chi connectivity index (χ1n) is 14.8. The van der Waals surface area contributed by atoms with Gasteiger partial charge in [0, 0.05) is 36.7 Å². The van der Waals surface area contributed by atoms with Crippen molar-refractivity contribution in [3.05, 3.63) is 143 Å². The maximum atomic E-state index is 12.5. The van der Waals surface area contributed by atoms with Gasteiger partial charge in [-0.15, -0.1) is 0 Å². The Bertz CT molecular complexity index is 1430. The van der Waals surface area contributed by atoms with Gasteiger partial charge in [0.05, 0.1) is 24.9 Å². The van der Waals surface area contributed by atoms with Crippen molar-refractivity contribution < 1.29 is 24.5 Å². The molecule has 7 nitrogen and oxygen atoms in total. The van der Waals surface area contributed by atoms with E-state index >= 15 is 0 Å². The summed E-state index contributed by atoms with van der Waals surface area (Å²) in [6.07, 6.45) is -0.918. The summed E-state index contributed by atoms with van der Waals surface area (Å²) in [5.74, 6) is -0.114. The Morgan fingerprint density at radius 1 is 0.860 bits per heavy atom. The number of aliphatic hydroxyl groups is 2. The van der Waals surface area contributed by atoms with Crippen LogP contribution < -0.4 is 5.32 Å². The quantitative estimate of drug-likeness (QED) is 0.211. The second-order valence-electron chi connectivity index (χ2n) is 11.2. The van der Waals surface area contributed by atoms with Gasteiger partial charge in [-0.25, -0.2) is 0 Å². The van der Waals surface area contributed by atoms with Gasteiger partial charge in [-0.3, -0.25) is 9.69 Å². The molecule has 4 aromatic carbocycles. The number of rotatable bonds is 11. The zero-order chi connectivity index (χ0) is 30.2. The molecule has 0 bridgehead atoms. The largest absolute Gasteiger partial charge is 0.392 e. The number of carbonyl (C=O) groups is 1. The lowest BCUT2D eigenvalue weighted by molar-refractivity contribution is -0.253. The van der Waals surface area contributed by atoms with E-state index in [1.165, 1.54) is 0 Å². The van der Waals surface area contributed by atoms with E-state index < -0.39 is 12.4 Å². The van der Waals surface area contributed by atoms with Gasteiger partial charge >= 0.3 is 0 Å². The molecule has 0 aliphatic carbocycles. The maximum Gasteiger partial charge on any atom is 0.251 e. The van der Waals surface area contributed by atoms with Gasteiger partial charge in [0.15, 0.2) is 6.29 Å². The van der Waals surface area contributed by atoms with Gasteiger partial charge in [-0.1, -0.05) is 97.1 Å². The number of hydrogen-bond donors (Lipinski definition) is 3. The van der Waals surface area contributed by atoms with Gasteiger partial charge in [-0.2, -0.15) is 0 Å². The predicted molar refractivity (Wildman–Crippen MR) is 166 cm³/mol. The first-order chi connectivity index (χ1) is 20.9. The van der Waals surface area contributed by atoms with Crippen molar-refractivity contribution in [2.45, 2.75) is 57.1 Å². The molecule has 0 saturated carbocycles. The number of hydrogen-bond acceptors (Lipinski definition) is 6. The number of carbonyl (C=O) groups excluding carboxylic acids is 1. The van der Waals surface area contributed by atoms with E-state index in [4.69, 9.17) is 9.47 Å². The molecule has 224 valence electrons. The fourth-order valence-electron chi connectivity index (χ4n) is 5.36. The molecule has 0 radical (unpaired) electrons. The minimum atomic E-state index is -0.626. The second-order valence-corrected chi connectivity index (χ2v) is 11.2. The molecule has 3 N–H and O–H groups in total. The summed E-state index contributed by atoms with van der Waals surface area (Å²) in [7, 11) is 2.01. The third-order valence-electron chi connectivity index (χ3n) is 8.14. The van der Waals surface area contributed by atoms with Crippen molar-refractivity contribution >= 4 is 5.91 Å². The van der Waals surface area contributed by atoms with Crippen LogP contribution in [0.25, 0.3) is 0 Å². The average Bonchev–Trinajstić information content (AvgIpc) is 3.07. The number of amides is 1. The summed E-state index contributed by atoms with van der Waals surface area (Å²) in [5, 5.41) is 23.5. The molecule has 0 aromatic heterocycles. The first-order valence-corrected chi connectivity index (χ1v) is 14.8. The Hall–Kier alpha value is -3.85. The highest BCUT2D eigenvalue weighted by molar-refractivity contribution is 5.94. The van der Waals surface area contributed by atoms with E-state index in [1.54, 1.807) is 12.1 Å². The van der Waals surface area contributed by atoms with Gasteiger partial charge in [0.1, 0.15) is 0 Å². The zero-order valence-electron chi connectivity index (χ0n) is 24.7. The molecule has 0 spiro atoms. The van der Waals surface area contributed by atoms with Crippen molar-refractivity contribution in [3.63, 3.8) is 0 Å². The number of ether oxygens (including phenoxy) is 2. The van der Waals surface area contributed by atoms with Crippen molar-refractivity contribution in [2.75, 3.05) is 13.6 Å². The average molecular weight is 581 g/mol. The Morgan fingerprint density at radius 2 is 1.47 bits per heavy atom. The van der Waals surface area contributed by atoms with E-state index in [9.17, 15) is 15.0 Å². The monoisotopic (exact) mass is 580 g/mol.